The molecule has 1 fully saturated rings. The van der Waals surface area contributed by atoms with Crippen LogP contribution in [0.25, 0.3) is 10.8 Å². The third-order valence-corrected chi connectivity index (χ3v) is 4.26. The SMILES string of the molecule is C[C@H](NCCN1CCOCC1)c1ccc2ccccc2c1. The minimum Gasteiger partial charge on any atom is -0.379 e. The van der Waals surface area contributed by atoms with Crippen LogP contribution in [0.15, 0.2) is 42.5 Å². The summed E-state index contributed by atoms with van der Waals surface area (Å²) in [5.74, 6) is 0. The van der Waals surface area contributed by atoms with Crippen LogP contribution in [-0.4, -0.2) is 44.3 Å². The Hall–Kier alpha value is -1.42. The molecule has 3 nitrogen and oxygen atoms in total. The third kappa shape index (κ3) is 3.82. The molecule has 3 heteroatoms. The van der Waals surface area contributed by atoms with Crippen molar-refractivity contribution in [3.63, 3.8) is 0 Å². The standard InChI is InChI=1S/C18H24N2O/c1-15(19-8-9-20-10-12-21-13-11-20)17-7-6-16-4-2-3-5-18(16)14-17/h2-7,14-15,19H,8-13H2,1H3/t15-/m0/s1. The van der Waals surface area contributed by atoms with Crippen LogP contribution in [-0.2, 0) is 4.74 Å². The minimum absolute atomic E-state index is 0.385. The Kier molecular flexibility index (Phi) is 4.86. The van der Waals surface area contributed by atoms with Crippen LogP contribution < -0.4 is 5.32 Å². The Bertz CT molecular complexity index is 578. The first-order chi connectivity index (χ1) is 10.3. The lowest BCUT2D eigenvalue weighted by molar-refractivity contribution is 0.0382. The van der Waals surface area contributed by atoms with Crippen molar-refractivity contribution in [3.8, 4) is 0 Å². The minimum atomic E-state index is 0.385. The van der Waals surface area contributed by atoms with Gasteiger partial charge in [0, 0.05) is 32.2 Å². The highest BCUT2D eigenvalue weighted by Crippen LogP contribution is 2.20. The van der Waals surface area contributed by atoms with Crippen molar-refractivity contribution in [2.45, 2.75) is 13.0 Å². The molecule has 0 amide bonds. The van der Waals surface area contributed by atoms with Crippen LogP contribution in [0, 0.1) is 0 Å². The Morgan fingerprint density at radius 3 is 2.67 bits per heavy atom. The molecule has 1 N–H and O–H groups in total. The number of fused-ring (bicyclic) bond motifs is 1. The number of rotatable bonds is 5. The lowest BCUT2D eigenvalue weighted by Gasteiger charge is -2.27. The molecule has 2 aromatic carbocycles. The third-order valence-electron chi connectivity index (χ3n) is 4.26. The van der Waals surface area contributed by atoms with E-state index in [2.05, 4.69) is 59.6 Å². The Morgan fingerprint density at radius 1 is 1.10 bits per heavy atom. The number of hydrogen-bond acceptors (Lipinski definition) is 3. The van der Waals surface area contributed by atoms with E-state index in [9.17, 15) is 0 Å². The van der Waals surface area contributed by atoms with Crippen molar-refractivity contribution in [2.75, 3.05) is 39.4 Å². The van der Waals surface area contributed by atoms with Gasteiger partial charge in [-0.3, -0.25) is 4.90 Å². The molecule has 21 heavy (non-hydrogen) atoms. The maximum Gasteiger partial charge on any atom is 0.0594 e. The van der Waals surface area contributed by atoms with Crippen LogP contribution in [0.5, 0.6) is 0 Å². The highest BCUT2D eigenvalue weighted by atomic mass is 16.5. The number of morpholine rings is 1. The first kappa shape index (κ1) is 14.5. The maximum absolute atomic E-state index is 5.38. The van der Waals surface area contributed by atoms with Gasteiger partial charge in [0.25, 0.3) is 0 Å². The molecular formula is C18H24N2O. The molecule has 0 saturated carbocycles. The molecule has 0 aliphatic carbocycles. The Morgan fingerprint density at radius 2 is 1.86 bits per heavy atom. The second-order valence-corrected chi connectivity index (χ2v) is 5.74. The van der Waals surface area contributed by atoms with E-state index in [1.165, 1.54) is 16.3 Å². The van der Waals surface area contributed by atoms with Gasteiger partial charge < -0.3 is 10.1 Å². The summed E-state index contributed by atoms with van der Waals surface area (Å²) in [6.07, 6.45) is 0. The van der Waals surface area contributed by atoms with E-state index in [1.54, 1.807) is 0 Å². The molecule has 0 unspecified atom stereocenters. The fourth-order valence-corrected chi connectivity index (χ4v) is 2.86. The molecule has 1 atom stereocenters. The number of nitrogens with one attached hydrogen (secondary N) is 1. The van der Waals surface area contributed by atoms with E-state index >= 15 is 0 Å². The largest absolute Gasteiger partial charge is 0.379 e. The predicted molar refractivity (Wildman–Crippen MR) is 87.6 cm³/mol. The average Bonchev–Trinajstić information content (AvgIpc) is 2.55. The quantitative estimate of drug-likeness (QED) is 0.914. The summed E-state index contributed by atoms with van der Waals surface area (Å²) in [5, 5.41) is 6.25. The topological polar surface area (TPSA) is 24.5 Å². The normalized spacial score (nSPS) is 18.0. The van der Waals surface area contributed by atoms with E-state index in [-0.39, 0.29) is 0 Å². The second-order valence-electron chi connectivity index (χ2n) is 5.74. The van der Waals surface area contributed by atoms with E-state index < -0.39 is 0 Å². The van der Waals surface area contributed by atoms with Crippen LogP contribution in [0.3, 0.4) is 0 Å². The van der Waals surface area contributed by atoms with E-state index in [0.29, 0.717) is 6.04 Å². The van der Waals surface area contributed by atoms with Crippen LogP contribution >= 0.6 is 0 Å². The van der Waals surface area contributed by atoms with Crippen LogP contribution in [0.2, 0.25) is 0 Å². The average molecular weight is 284 g/mol. The first-order valence-corrected chi connectivity index (χ1v) is 7.85. The molecule has 112 valence electrons. The lowest BCUT2D eigenvalue weighted by atomic mass is 10.0. The van der Waals surface area contributed by atoms with Crippen molar-refractivity contribution < 1.29 is 4.74 Å². The van der Waals surface area contributed by atoms with Gasteiger partial charge in [-0.05, 0) is 29.3 Å². The number of nitrogens with zero attached hydrogens (tertiary/aromatic N) is 1. The zero-order valence-corrected chi connectivity index (χ0v) is 12.7. The molecule has 1 heterocycles. The van der Waals surface area contributed by atoms with Gasteiger partial charge in [-0.25, -0.2) is 0 Å². The molecule has 0 bridgehead atoms. The molecule has 3 rings (SSSR count). The Labute approximate surface area is 126 Å². The number of benzene rings is 2. The molecule has 0 spiro atoms. The summed E-state index contributed by atoms with van der Waals surface area (Å²) in [5.41, 5.74) is 1.36. The van der Waals surface area contributed by atoms with Gasteiger partial charge in [-0.2, -0.15) is 0 Å². The van der Waals surface area contributed by atoms with Gasteiger partial charge in [-0.15, -0.1) is 0 Å². The first-order valence-electron chi connectivity index (χ1n) is 7.85. The summed E-state index contributed by atoms with van der Waals surface area (Å²) in [7, 11) is 0. The summed E-state index contributed by atoms with van der Waals surface area (Å²) < 4.78 is 5.38. The fraction of sp³-hybridized carbons (Fsp3) is 0.444. The molecular weight excluding hydrogens is 260 g/mol. The van der Waals surface area contributed by atoms with Gasteiger partial charge in [-0.1, -0.05) is 36.4 Å². The smallest absolute Gasteiger partial charge is 0.0594 e. The molecule has 2 aromatic rings. The predicted octanol–water partition coefficient (Wildman–Crippen LogP) is 2.82. The zero-order chi connectivity index (χ0) is 14.5. The maximum atomic E-state index is 5.38. The van der Waals surface area contributed by atoms with Gasteiger partial charge in [0.2, 0.25) is 0 Å². The van der Waals surface area contributed by atoms with Crippen molar-refractivity contribution in [1.82, 2.24) is 10.2 Å². The molecule has 1 saturated heterocycles. The molecule has 1 aliphatic rings. The van der Waals surface area contributed by atoms with E-state index in [4.69, 9.17) is 4.74 Å². The van der Waals surface area contributed by atoms with Crippen molar-refractivity contribution >= 4 is 10.8 Å². The number of ether oxygens (including phenoxy) is 1. The van der Waals surface area contributed by atoms with E-state index in [0.717, 1.165) is 39.4 Å². The summed E-state index contributed by atoms with van der Waals surface area (Å²) in [6, 6.07) is 15.7. The highest BCUT2D eigenvalue weighted by molar-refractivity contribution is 5.83. The van der Waals surface area contributed by atoms with Gasteiger partial charge in [0.1, 0.15) is 0 Å². The zero-order valence-electron chi connectivity index (χ0n) is 12.7. The van der Waals surface area contributed by atoms with E-state index in [1.807, 2.05) is 0 Å². The van der Waals surface area contributed by atoms with Crippen LogP contribution in [0.4, 0.5) is 0 Å². The molecule has 0 aromatic heterocycles. The summed E-state index contributed by atoms with van der Waals surface area (Å²) in [6.45, 7) is 8.23. The summed E-state index contributed by atoms with van der Waals surface area (Å²) in [4.78, 5) is 2.46. The van der Waals surface area contributed by atoms with Gasteiger partial charge in [0.15, 0.2) is 0 Å². The molecule has 0 radical (unpaired) electrons. The molecule has 1 aliphatic heterocycles. The second kappa shape index (κ2) is 7.03. The monoisotopic (exact) mass is 284 g/mol. The van der Waals surface area contributed by atoms with Gasteiger partial charge >= 0.3 is 0 Å². The van der Waals surface area contributed by atoms with Crippen molar-refractivity contribution in [1.29, 1.82) is 0 Å². The lowest BCUT2D eigenvalue weighted by Crippen LogP contribution is -2.40. The van der Waals surface area contributed by atoms with Crippen molar-refractivity contribution in [3.05, 3.63) is 48.0 Å². The Balaban J connectivity index is 1.54. The van der Waals surface area contributed by atoms with Crippen molar-refractivity contribution in [2.24, 2.45) is 0 Å². The highest BCUT2D eigenvalue weighted by Gasteiger charge is 2.10. The van der Waals surface area contributed by atoms with Crippen LogP contribution in [0.1, 0.15) is 18.5 Å². The number of hydrogen-bond donors (Lipinski definition) is 1. The van der Waals surface area contributed by atoms with Gasteiger partial charge in [0.05, 0.1) is 13.2 Å². The fourth-order valence-electron chi connectivity index (χ4n) is 2.86. The summed E-state index contributed by atoms with van der Waals surface area (Å²) >= 11 is 0.